The van der Waals surface area contributed by atoms with Gasteiger partial charge in [0.15, 0.2) is 0 Å². The van der Waals surface area contributed by atoms with E-state index in [9.17, 15) is 4.79 Å². The monoisotopic (exact) mass is 269 g/mol. The third-order valence-electron chi connectivity index (χ3n) is 4.45. The molecule has 4 rings (SSSR count). The highest BCUT2D eigenvalue weighted by Crippen LogP contribution is 2.44. The first kappa shape index (κ1) is 11.8. The van der Waals surface area contributed by atoms with Crippen molar-refractivity contribution in [2.75, 3.05) is 5.73 Å². The summed E-state index contributed by atoms with van der Waals surface area (Å²) in [5.41, 5.74) is 8.08. The van der Waals surface area contributed by atoms with Crippen molar-refractivity contribution in [1.82, 2.24) is 10.3 Å². The molecule has 2 aliphatic rings. The predicted molar refractivity (Wildman–Crippen MR) is 79.4 cm³/mol. The van der Waals surface area contributed by atoms with Crippen LogP contribution in [0.3, 0.4) is 0 Å². The van der Waals surface area contributed by atoms with Gasteiger partial charge in [-0.05, 0) is 61.8 Å². The van der Waals surface area contributed by atoms with Gasteiger partial charge in [0, 0.05) is 22.6 Å². The number of carbonyl (C=O) groups excluding carboxylic acids is 1. The summed E-state index contributed by atoms with van der Waals surface area (Å²) >= 11 is 0. The van der Waals surface area contributed by atoms with Crippen molar-refractivity contribution in [3.63, 3.8) is 0 Å². The smallest absolute Gasteiger partial charge is 0.267 e. The van der Waals surface area contributed by atoms with Crippen molar-refractivity contribution in [2.45, 2.75) is 31.7 Å². The van der Waals surface area contributed by atoms with Gasteiger partial charge in [0.2, 0.25) is 0 Å². The van der Waals surface area contributed by atoms with Gasteiger partial charge in [0.05, 0.1) is 0 Å². The van der Waals surface area contributed by atoms with E-state index in [0.717, 1.165) is 16.6 Å². The van der Waals surface area contributed by atoms with Crippen LogP contribution in [0.15, 0.2) is 24.3 Å². The number of hydrogen-bond acceptors (Lipinski definition) is 2. The minimum atomic E-state index is 0.0172. The Morgan fingerprint density at radius 1 is 1.20 bits per heavy atom. The second-order valence-corrected chi connectivity index (χ2v) is 6.20. The summed E-state index contributed by atoms with van der Waals surface area (Å²) in [4.78, 5) is 15.6. The maximum absolute atomic E-state index is 12.4. The summed E-state index contributed by atoms with van der Waals surface area (Å²) in [5, 5.41) is 4.22. The van der Waals surface area contributed by atoms with Crippen molar-refractivity contribution in [3.05, 3.63) is 30.0 Å². The van der Waals surface area contributed by atoms with Crippen LogP contribution in [0, 0.1) is 11.8 Å². The molecule has 2 saturated carbocycles. The number of nitrogens with one attached hydrogen (secondary N) is 2. The van der Waals surface area contributed by atoms with Crippen LogP contribution >= 0.6 is 0 Å². The largest absolute Gasteiger partial charge is 0.399 e. The fourth-order valence-corrected chi connectivity index (χ4v) is 3.03. The molecule has 2 fully saturated rings. The number of nitrogens with two attached hydrogens (primary N) is 1. The summed E-state index contributed by atoms with van der Waals surface area (Å²) < 4.78 is 0. The van der Waals surface area contributed by atoms with Crippen LogP contribution in [0.1, 0.15) is 36.2 Å². The number of carbonyl (C=O) groups is 1. The highest BCUT2D eigenvalue weighted by Gasteiger charge is 2.42. The SMILES string of the molecule is Nc1ccc2[nH]c(C(=O)NC(C3CC3)C3CC3)cc2c1. The Balaban J connectivity index is 1.56. The van der Waals surface area contributed by atoms with Gasteiger partial charge in [-0.15, -0.1) is 0 Å². The molecular weight excluding hydrogens is 250 g/mol. The topological polar surface area (TPSA) is 70.9 Å². The van der Waals surface area contributed by atoms with Crippen LogP contribution in [0.5, 0.6) is 0 Å². The molecule has 2 aromatic rings. The molecule has 20 heavy (non-hydrogen) atoms. The third-order valence-corrected chi connectivity index (χ3v) is 4.45. The van der Waals surface area contributed by atoms with E-state index in [-0.39, 0.29) is 5.91 Å². The predicted octanol–water partition coefficient (Wildman–Crippen LogP) is 2.67. The average molecular weight is 269 g/mol. The lowest BCUT2D eigenvalue weighted by Gasteiger charge is -2.16. The average Bonchev–Trinajstić information content (AvgIpc) is 3.32. The van der Waals surface area contributed by atoms with Crippen LogP contribution < -0.4 is 11.1 Å². The Labute approximate surface area is 117 Å². The lowest BCUT2D eigenvalue weighted by atomic mass is 10.1. The Morgan fingerprint density at radius 2 is 1.90 bits per heavy atom. The van der Waals surface area contributed by atoms with Crippen molar-refractivity contribution < 1.29 is 4.79 Å². The number of fused-ring (bicyclic) bond motifs is 1. The van der Waals surface area contributed by atoms with Crippen molar-refractivity contribution in [3.8, 4) is 0 Å². The molecule has 4 nitrogen and oxygen atoms in total. The molecule has 1 heterocycles. The number of rotatable bonds is 4. The fraction of sp³-hybridized carbons (Fsp3) is 0.438. The quantitative estimate of drug-likeness (QED) is 0.747. The van der Waals surface area contributed by atoms with E-state index in [1.165, 1.54) is 25.7 Å². The van der Waals surface area contributed by atoms with Crippen LogP contribution in [0.25, 0.3) is 10.9 Å². The van der Waals surface area contributed by atoms with E-state index in [1.807, 2.05) is 24.3 Å². The number of hydrogen-bond donors (Lipinski definition) is 3. The maximum Gasteiger partial charge on any atom is 0.267 e. The Morgan fingerprint density at radius 3 is 2.55 bits per heavy atom. The van der Waals surface area contributed by atoms with Gasteiger partial charge in [-0.2, -0.15) is 0 Å². The van der Waals surface area contributed by atoms with Gasteiger partial charge in [0.1, 0.15) is 5.69 Å². The maximum atomic E-state index is 12.4. The van der Waals surface area contributed by atoms with Crippen molar-refractivity contribution in [2.24, 2.45) is 11.8 Å². The summed E-state index contributed by atoms with van der Waals surface area (Å²) in [6, 6.07) is 7.93. The highest BCUT2D eigenvalue weighted by atomic mass is 16.2. The minimum absolute atomic E-state index is 0.0172. The molecule has 1 aromatic heterocycles. The van der Waals surface area contributed by atoms with Gasteiger partial charge in [0.25, 0.3) is 5.91 Å². The lowest BCUT2D eigenvalue weighted by molar-refractivity contribution is 0.0922. The number of aromatic nitrogens is 1. The van der Waals surface area contributed by atoms with Gasteiger partial charge in [-0.3, -0.25) is 4.79 Å². The lowest BCUT2D eigenvalue weighted by Crippen LogP contribution is -2.38. The second-order valence-electron chi connectivity index (χ2n) is 6.20. The molecule has 2 aliphatic carbocycles. The van der Waals surface area contributed by atoms with Gasteiger partial charge >= 0.3 is 0 Å². The van der Waals surface area contributed by atoms with E-state index in [1.54, 1.807) is 0 Å². The zero-order valence-corrected chi connectivity index (χ0v) is 11.4. The molecule has 0 atom stereocenters. The van der Waals surface area contributed by atoms with Crippen molar-refractivity contribution in [1.29, 1.82) is 0 Å². The molecule has 0 saturated heterocycles. The van der Waals surface area contributed by atoms with Crippen LogP contribution in [0.2, 0.25) is 0 Å². The fourth-order valence-electron chi connectivity index (χ4n) is 3.03. The van der Waals surface area contributed by atoms with Gasteiger partial charge in [-0.1, -0.05) is 0 Å². The molecule has 0 bridgehead atoms. The highest BCUT2D eigenvalue weighted by molar-refractivity contribution is 5.98. The summed E-state index contributed by atoms with van der Waals surface area (Å²) in [5.74, 6) is 1.45. The number of H-pyrrole nitrogens is 1. The first-order chi connectivity index (χ1) is 9.70. The molecular formula is C16H19N3O. The first-order valence-corrected chi connectivity index (χ1v) is 7.40. The van der Waals surface area contributed by atoms with Crippen molar-refractivity contribution >= 4 is 22.5 Å². The van der Waals surface area contributed by atoms with Gasteiger partial charge < -0.3 is 16.0 Å². The minimum Gasteiger partial charge on any atom is -0.399 e. The molecule has 0 spiro atoms. The summed E-state index contributed by atoms with van der Waals surface area (Å²) in [7, 11) is 0. The molecule has 104 valence electrons. The van der Waals surface area contributed by atoms with E-state index in [4.69, 9.17) is 5.73 Å². The van der Waals surface area contributed by atoms with Gasteiger partial charge in [-0.25, -0.2) is 0 Å². The normalized spacial score (nSPS) is 18.6. The standard InChI is InChI=1S/C16H19N3O/c17-12-5-6-13-11(7-12)8-14(18-13)16(20)19-15(9-1-2-9)10-3-4-10/h5-10,15,18H,1-4,17H2,(H,19,20). The molecule has 0 aliphatic heterocycles. The number of amides is 1. The van der Waals surface area contributed by atoms with E-state index < -0.39 is 0 Å². The van der Waals surface area contributed by atoms with E-state index in [0.29, 0.717) is 23.6 Å². The molecule has 4 heteroatoms. The Bertz CT molecular complexity index is 655. The number of aromatic amines is 1. The number of benzene rings is 1. The number of anilines is 1. The van der Waals surface area contributed by atoms with E-state index in [2.05, 4.69) is 10.3 Å². The Hall–Kier alpha value is -1.97. The molecule has 4 N–H and O–H groups in total. The molecule has 1 aromatic carbocycles. The van der Waals surface area contributed by atoms with E-state index >= 15 is 0 Å². The first-order valence-electron chi connectivity index (χ1n) is 7.40. The molecule has 0 unspecified atom stereocenters. The zero-order chi connectivity index (χ0) is 13.7. The number of nitrogen functional groups attached to an aromatic ring is 1. The van der Waals surface area contributed by atoms with Crippen LogP contribution in [0.4, 0.5) is 5.69 Å². The molecule has 1 amide bonds. The summed E-state index contributed by atoms with van der Waals surface area (Å²) in [6.07, 6.45) is 5.07. The third kappa shape index (κ3) is 2.15. The zero-order valence-electron chi connectivity index (χ0n) is 11.4. The Kier molecular flexibility index (Phi) is 2.52. The van der Waals surface area contributed by atoms with Crippen LogP contribution in [-0.2, 0) is 0 Å². The second kappa shape index (κ2) is 4.27. The van der Waals surface area contributed by atoms with Crippen LogP contribution in [-0.4, -0.2) is 16.9 Å². The summed E-state index contributed by atoms with van der Waals surface area (Å²) in [6.45, 7) is 0. The molecule has 0 radical (unpaired) electrons.